The van der Waals surface area contributed by atoms with E-state index >= 15 is 0 Å². The van der Waals surface area contributed by atoms with E-state index in [-0.39, 0.29) is 20.1 Å². The van der Waals surface area contributed by atoms with Crippen LogP contribution in [0.4, 0.5) is 0 Å². The van der Waals surface area contributed by atoms with Crippen LogP contribution in [0.25, 0.3) is 49.3 Å². The van der Waals surface area contributed by atoms with Crippen LogP contribution in [0.15, 0.2) is 84.9 Å². The van der Waals surface area contributed by atoms with Gasteiger partial charge in [0, 0.05) is 20.1 Å². The Morgan fingerprint density at radius 1 is 0.756 bits per heavy atom. The van der Waals surface area contributed by atoms with E-state index in [1.54, 1.807) is 11.3 Å². The Bertz CT molecular complexity index is 1810. The molecule has 0 bridgehead atoms. The van der Waals surface area contributed by atoms with Gasteiger partial charge in [-0.3, -0.25) is 0 Å². The van der Waals surface area contributed by atoms with Crippen LogP contribution in [0.3, 0.4) is 0 Å². The van der Waals surface area contributed by atoms with Gasteiger partial charge in [-0.25, -0.2) is 0 Å². The van der Waals surface area contributed by atoms with Crippen molar-refractivity contribution < 1.29 is 20.1 Å². The molecule has 5 heteroatoms. The summed E-state index contributed by atoms with van der Waals surface area (Å²) in [5.74, 6) is 9.06. The third kappa shape index (κ3) is 5.52. The molecule has 1 radical (unpaired) electrons. The molecule has 4 aromatic carbocycles. The van der Waals surface area contributed by atoms with Crippen molar-refractivity contribution in [3.05, 3.63) is 101 Å². The summed E-state index contributed by atoms with van der Waals surface area (Å²) in [7, 11) is 0. The van der Waals surface area contributed by atoms with E-state index in [4.69, 9.17) is 4.98 Å². The van der Waals surface area contributed by atoms with Gasteiger partial charge in [-0.2, -0.15) is 0 Å². The zero-order chi connectivity index (χ0) is 28.2. The first-order valence-corrected chi connectivity index (χ1v) is 22.5. The molecule has 0 atom stereocenters. The number of benzene rings is 4. The SMILES string of the molecule is CC(C)c1cc(-c2ccccc2)cc(C(C)C)c1-n1c(-c2[c-]sc3cc[c]([Ge]([CH3])([CH3])[CH3])cc23)nc2ccccc21.[Ir]. The summed E-state index contributed by atoms with van der Waals surface area (Å²) < 4.78 is 5.23. The number of rotatable bonds is 6. The molecule has 2 nitrogen and oxygen atoms in total. The molecular formula is C36H37GeIrN2S-. The second-order valence-corrected chi connectivity index (χ2v) is 24.0. The monoisotopic (exact) mass is 796 g/mol. The molecule has 0 N–H and O–H groups in total. The van der Waals surface area contributed by atoms with Gasteiger partial charge in [0.25, 0.3) is 0 Å². The average molecular weight is 795 g/mol. The van der Waals surface area contributed by atoms with Gasteiger partial charge >= 0.3 is 228 Å². The van der Waals surface area contributed by atoms with Gasteiger partial charge in [0.15, 0.2) is 0 Å². The first kappa shape index (κ1) is 30.0. The Labute approximate surface area is 264 Å². The molecule has 0 fully saturated rings. The quantitative estimate of drug-likeness (QED) is 0.121. The predicted octanol–water partition coefficient (Wildman–Crippen LogP) is 10.2. The summed E-state index contributed by atoms with van der Waals surface area (Å²) in [6.45, 7) is 9.24. The largest absolute Gasteiger partial charge is 0 e. The molecule has 6 rings (SSSR count). The summed E-state index contributed by atoms with van der Waals surface area (Å²) in [6, 6.07) is 31.2. The van der Waals surface area contributed by atoms with Crippen LogP contribution >= 0.6 is 11.3 Å². The fourth-order valence-electron chi connectivity index (χ4n) is 5.64. The molecule has 6 aromatic rings. The smallest absolute Gasteiger partial charge is 0 e. The predicted molar refractivity (Wildman–Crippen MR) is 177 cm³/mol. The minimum atomic E-state index is -2.02. The Kier molecular flexibility index (Phi) is 8.51. The van der Waals surface area contributed by atoms with Crippen molar-refractivity contribution in [2.75, 3.05) is 0 Å². The average Bonchev–Trinajstić information content (AvgIpc) is 3.53. The standard InChI is InChI=1S/C36H37GeN2S.Ir/c1-23(2)28-19-26(25-13-9-8-10-14-25)20-29(24(3)4)35(28)39-33-16-12-11-15-32(33)38-36(39)31-22-40-34-18-17-27(21-30(31)34)37(5,6)7;/h8-21,23-24H,1-7H3;/q-1;. The summed E-state index contributed by atoms with van der Waals surface area (Å²) >= 11 is -0.316. The zero-order valence-corrected chi connectivity index (χ0v) is 30.2. The van der Waals surface area contributed by atoms with Crippen molar-refractivity contribution in [3.63, 3.8) is 0 Å². The molecule has 0 aliphatic carbocycles. The summed E-state index contributed by atoms with van der Waals surface area (Å²) in [5, 5.41) is 4.97. The van der Waals surface area contributed by atoms with Gasteiger partial charge in [0.1, 0.15) is 0 Å². The van der Waals surface area contributed by atoms with Crippen LogP contribution in [-0.2, 0) is 20.1 Å². The number of nitrogens with zero attached hydrogens (tertiary/aromatic N) is 2. The van der Waals surface area contributed by atoms with Gasteiger partial charge in [-0.15, -0.1) is 0 Å². The van der Waals surface area contributed by atoms with Crippen LogP contribution in [0.2, 0.25) is 17.3 Å². The molecule has 0 spiro atoms. The number of hydrogen-bond donors (Lipinski definition) is 0. The maximum atomic E-state index is 5.31. The number of hydrogen-bond acceptors (Lipinski definition) is 2. The summed E-state index contributed by atoms with van der Waals surface area (Å²) in [6.07, 6.45) is 0. The summed E-state index contributed by atoms with van der Waals surface area (Å²) in [5.41, 5.74) is 9.77. The van der Waals surface area contributed by atoms with Crippen molar-refractivity contribution in [1.29, 1.82) is 0 Å². The molecule has 2 heterocycles. The Morgan fingerprint density at radius 2 is 1.39 bits per heavy atom. The van der Waals surface area contributed by atoms with Gasteiger partial charge in [0.2, 0.25) is 0 Å². The van der Waals surface area contributed by atoms with Crippen LogP contribution in [0.5, 0.6) is 0 Å². The second-order valence-electron chi connectivity index (χ2n) is 12.5. The third-order valence-electron chi connectivity index (χ3n) is 7.91. The van der Waals surface area contributed by atoms with E-state index < -0.39 is 13.3 Å². The molecule has 41 heavy (non-hydrogen) atoms. The van der Waals surface area contributed by atoms with Gasteiger partial charge in [-0.05, 0) is 0 Å². The topological polar surface area (TPSA) is 17.8 Å². The number of aromatic nitrogens is 2. The molecule has 211 valence electrons. The Balaban J connectivity index is 0.00000337. The van der Waals surface area contributed by atoms with Crippen molar-refractivity contribution in [2.24, 2.45) is 0 Å². The maximum Gasteiger partial charge on any atom is 0 e. The minimum absolute atomic E-state index is 0. The van der Waals surface area contributed by atoms with E-state index in [1.165, 1.54) is 42.4 Å². The van der Waals surface area contributed by atoms with E-state index in [2.05, 4.69) is 140 Å². The molecular weight excluding hydrogens is 757 g/mol. The van der Waals surface area contributed by atoms with Crippen LogP contribution in [-0.4, -0.2) is 22.8 Å². The maximum absolute atomic E-state index is 5.31. The molecule has 2 aromatic heterocycles. The van der Waals surface area contributed by atoms with Gasteiger partial charge in [-0.1, -0.05) is 18.2 Å². The number of para-hydroxylation sites is 2. The van der Waals surface area contributed by atoms with Crippen molar-refractivity contribution in [3.8, 4) is 28.2 Å². The fourth-order valence-corrected chi connectivity index (χ4v) is 8.90. The van der Waals surface area contributed by atoms with Crippen LogP contribution in [0, 0.1) is 5.38 Å². The summed E-state index contributed by atoms with van der Waals surface area (Å²) in [4.78, 5) is 5.31. The van der Waals surface area contributed by atoms with Gasteiger partial charge in [0.05, 0.1) is 0 Å². The van der Waals surface area contributed by atoms with Gasteiger partial charge < -0.3 is 0 Å². The first-order valence-electron chi connectivity index (χ1n) is 14.3. The second kappa shape index (κ2) is 11.6. The molecule has 0 unspecified atom stereocenters. The molecule has 0 amide bonds. The van der Waals surface area contributed by atoms with Crippen molar-refractivity contribution in [2.45, 2.75) is 56.8 Å². The Morgan fingerprint density at radius 3 is 2.02 bits per heavy atom. The molecule has 0 aliphatic rings. The number of imidazole rings is 1. The Hall–Kier alpha value is -2.50. The first-order chi connectivity index (χ1) is 19.1. The number of fused-ring (bicyclic) bond motifs is 2. The van der Waals surface area contributed by atoms with E-state index in [9.17, 15) is 0 Å². The molecule has 0 saturated heterocycles. The van der Waals surface area contributed by atoms with Crippen molar-refractivity contribution in [1.82, 2.24) is 9.55 Å². The van der Waals surface area contributed by atoms with Crippen molar-refractivity contribution >= 4 is 50.1 Å². The van der Waals surface area contributed by atoms with E-state index in [1.807, 2.05) is 0 Å². The molecule has 0 saturated carbocycles. The zero-order valence-electron chi connectivity index (χ0n) is 24.9. The van der Waals surface area contributed by atoms with E-state index in [0.717, 1.165) is 22.4 Å². The number of thiophene rings is 1. The molecule has 0 aliphatic heterocycles. The third-order valence-corrected chi connectivity index (χ3v) is 13.1. The van der Waals surface area contributed by atoms with E-state index in [0.29, 0.717) is 11.8 Å². The van der Waals surface area contributed by atoms with Crippen LogP contribution in [0.1, 0.15) is 50.7 Å². The van der Waals surface area contributed by atoms with Crippen LogP contribution < -0.4 is 4.40 Å². The minimum Gasteiger partial charge on any atom is 0 e. The normalized spacial score (nSPS) is 12.0. The fraction of sp³-hybridized carbons (Fsp3) is 0.250.